The summed E-state index contributed by atoms with van der Waals surface area (Å²) in [4.78, 5) is 4.29. The van der Waals surface area contributed by atoms with Crippen LogP contribution in [0.25, 0.3) is 11.0 Å². The topological polar surface area (TPSA) is 73.3 Å². The van der Waals surface area contributed by atoms with Gasteiger partial charge in [0.15, 0.2) is 0 Å². The molecule has 0 saturated heterocycles. The number of benzene rings is 1. The van der Waals surface area contributed by atoms with Gasteiger partial charge in [-0.3, -0.25) is 0 Å². The van der Waals surface area contributed by atoms with Crippen LogP contribution in [0.2, 0.25) is 0 Å². The number of hydrogen-bond donors (Lipinski definition) is 2. The van der Waals surface area contributed by atoms with Gasteiger partial charge in [0, 0.05) is 25.1 Å². The number of nitrogens with two attached hydrogens (primary N) is 1. The molecule has 1 aromatic carbocycles. The van der Waals surface area contributed by atoms with E-state index in [0.29, 0.717) is 12.6 Å². The van der Waals surface area contributed by atoms with Gasteiger partial charge in [-0.2, -0.15) is 0 Å². The smallest absolute Gasteiger partial charge is 0.200 e. The number of rotatable bonds is 1. The average molecular weight is 233 g/mol. The third-order valence-corrected chi connectivity index (χ3v) is 3.36. The summed E-state index contributed by atoms with van der Waals surface area (Å²) in [5.41, 5.74) is 8.80. The number of ether oxygens (including phenoxy) is 1. The molecule has 1 atom stereocenters. The number of aliphatic hydroxyl groups is 1. The summed E-state index contributed by atoms with van der Waals surface area (Å²) in [6.45, 7) is 0.714. The predicted octanol–water partition coefficient (Wildman–Crippen LogP) is 0.699. The number of nitrogens with zero attached hydrogens (tertiary/aromatic N) is 2. The Labute approximate surface area is 98.8 Å². The molecule has 0 saturated carbocycles. The van der Waals surface area contributed by atoms with E-state index in [0.717, 1.165) is 28.8 Å². The second-order valence-corrected chi connectivity index (χ2v) is 4.50. The average Bonchev–Trinajstić information content (AvgIpc) is 2.65. The van der Waals surface area contributed by atoms with Crippen molar-refractivity contribution < 1.29 is 9.84 Å². The molecular weight excluding hydrogens is 218 g/mol. The van der Waals surface area contributed by atoms with Crippen LogP contribution in [0.1, 0.15) is 5.56 Å². The fourth-order valence-corrected chi connectivity index (χ4v) is 2.39. The lowest BCUT2D eigenvalue weighted by atomic mass is 9.96. The SMILES string of the molecule is Cn1c(N)nc2ccc3c(c21)CC(CO)CO3. The van der Waals surface area contributed by atoms with Crippen molar-refractivity contribution in [1.82, 2.24) is 9.55 Å². The zero-order valence-corrected chi connectivity index (χ0v) is 9.68. The number of aromatic nitrogens is 2. The van der Waals surface area contributed by atoms with Gasteiger partial charge >= 0.3 is 0 Å². The Hall–Kier alpha value is -1.75. The van der Waals surface area contributed by atoms with Crippen LogP contribution in [0, 0.1) is 5.92 Å². The fourth-order valence-electron chi connectivity index (χ4n) is 2.39. The molecule has 2 aromatic rings. The molecule has 1 aliphatic heterocycles. The highest BCUT2D eigenvalue weighted by Crippen LogP contribution is 2.34. The van der Waals surface area contributed by atoms with Crippen LogP contribution >= 0.6 is 0 Å². The molecule has 5 heteroatoms. The van der Waals surface area contributed by atoms with Crippen molar-refractivity contribution in [1.29, 1.82) is 0 Å². The molecule has 1 aromatic heterocycles. The van der Waals surface area contributed by atoms with E-state index in [2.05, 4.69) is 4.98 Å². The molecule has 0 aliphatic carbocycles. The Kier molecular flexibility index (Phi) is 2.22. The second kappa shape index (κ2) is 3.63. The molecular formula is C12H15N3O2. The molecule has 90 valence electrons. The molecule has 5 nitrogen and oxygen atoms in total. The van der Waals surface area contributed by atoms with Gasteiger partial charge < -0.3 is 20.1 Å². The largest absolute Gasteiger partial charge is 0.493 e. The van der Waals surface area contributed by atoms with Crippen molar-refractivity contribution in [2.45, 2.75) is 6.42 Å². The maximum atomic E-state index is 9.24. The van der Waals surface area contributed by atoms with Gasteiger partial charge in [0.2, 0.25) is 5.95 Å². The van der Waals surface area contributed by atoms with E-state index >= 15 is 0 Å². The standard InChI is InChI=1S/C12H15N3O2/c1-15-11-8-4-7(5-16)6-17-10(8)3-2-9(11)14-12(15)13/h2-3,7,16H,4-6H2,1H3,(H2,13,14). The molecule has 0 fully saturated rings. The van der Waals surface area contributed by atoms with E-state index in [1.165, 1.54) is 0 Å². The third-order valence-electron chi connectivity index (χ3n) is 3.36. The Morgan fingerprint density at radius 3 is 3.18 bits per heavy atom. The van der Waals surface area contributed by atoms with Gasteiger partial charge in [-0.15, -0.1) is 0 Å². The van der Waals surface area contributed by atoms with Gasteiger partial charge in [-0.25, -0.2) is 4.98 Å². The van der Waals surface area contributed by atoms with Crippen LogP contribution in [-0.4, -0.2) is 27.9 Å². The van der Waals surface area contributed by atoms with E-state index in [-0.39, 0.29) is 12.5 Å². The van der Waals surface area contributed by atoms with Gasteiger partial charge in [-0.1, -0.05) is 0 Å². The van der Waals surface area contributed by atoms with Crippen molar-refractivity contribution in [2.75, 3.05) is 18.9 Å². The van der Waals surface area contributed by atoms with Crippen LogP contribution in [0.5, 0.6) is 5.75 Å². The Morgan fingerprint density at radius 1 is 1.59 bits per heavy atom. The summed E-state index contributed by atoms with van der Waals surface area (Å²) < 4.78 is 7.53. The molecule has 3 rings (SSSR count). The Balaban J connectivity index is 2.23. The van der Waals surface area contributed by atoms with Crippen LogP contribution in [-0.2, 0) is 13.5 Å². The minimum absolute atomic E-state index is 0.142. The summed E-state index contributed by atoms with van der Waals surface area (Å²) in [6, 6.07) is 3.85. The zero-order valence-electron chi connectivity index (χ0n) is 9.68. The van der Waals surface area contributed by atoms with E-state index in [1.54, 1.807) is 0 Å². The summed E-state index contributed by atoms with van der Waals surface area (Å²) in [7, 11) is 1.90. The number of imidazole rings is 1. The second-order valence-electron chi connectivity index (χ2n) is 4.50. The number of fused-ring (bicyclic) bond motifs is 3. The molecule has 17 heavy (non-hydrogen) atoms. The first-order valence-corrected chi connectivity index (χ1v) is 5.68. The number of nitrogen functional groups attached to an aromatic ring is 1. The molecule has 0 bridgehead atoms. The molecule has 1 unspecified atom stereocenters. The fraction of sp³-hybridized carbons (Fsp3) is 0.417. The van der Waals surface area contributed by atoms with Gasteiger partial charge in [0.05, 0.1) is 17.6 Å². The first-order valence-electron chi connectivity index (χ1n) is 5.68. The van der Waals surface area contributed by atoms with Crippen molar-refractivity contribution in [3.8, 4) is 5.75 Å². The van der Waals surface area contributed by atoms with Crippen LogP contribution in [0.4, 0.5) is 5.95 Å². The maximum Gasteiger partial charge on any atom is 0.200 e. The molecule has 3 N–H and O–H groups in total. The minimum Gasteiger partial charge on any atom is -0.493 e. The molecule has 0 amide bonds. The first kappa shape index (κ1) is 10.4. The van der Waals surface area contributed by atoms with Crippen LogP contribution in [0.15, 0.2) is 12.1 Å². The van der Waals surface area contributed by atoms with E-state index in [9.17, 15) is 5.11 Å². The molecule has 2 heterocycles. The third kappa shape index (κ3) is 1.46. The van der Waals surface area contributed by atoms with E-state index < -0.39 is 0 Å². The van der Waals surface area contributed by atoms with Crippen LogP contribution in [0.3, 0.4) is 0 Å². The quantitative estimate of drug-likeness (QED) is 0.760. The molecule has 1 aliphatic rings. The lowest BCUT2D eigenvalue weighted by molar-refractivity contribution is 0.147. The van der Waals surface area contributed by atoms with Crippen molar-refractivity contribution in [3.05, 3.63) is 17.7 Å². The first-order chi connectivity index (χ1) is 8.20. The van der Waals surface area contributed by atoms with E-state index in [4.69, 9.17) is 10.5 Å². The normalized spacial score (nSPS) is 19.1. The molecule has 0 radical (unpaired) electrons. The maximum absolute atomic E-state index is 9.24. The highest BCUT2D eigenvalue weighted by molar-refractivity contribution is 5.84. The van der Waals surface area contributed by atoms with Gasteiger partial charge in [-0.05, 0) is 18.6 Å². The zero-order chi connectivity index (χ0) is 12.0. The number of aryl methyl sites for hydroxylation is 1. The predicted molar refractivity (Wildman–Crippen MR) is 64.9 cm³/mol. The highest BCUT2D eigenvalue weighted by atomic mass is 16.5. The number of hydrogen-bond acceptors (Lipinski definition) is 4. The summed E-state index contributed by atoms with van der Waals surface area (Å²) in [5, 5.41) is 9.24. The number of anilines is 1. The summed E-state index contributed by atoms with van der Waals surface area (Å²) in [6.07, 6.45) is 0.808. The summed E-state index contributed by atoms with van der Waals surface area (Å²) >= 11 is 0. The summed E-state index contributed by atoms with van der Waals surface area (Å²) in [5.74, 6) is 1.54. The molecule has 0 spiro atoms. The Morgan fingerprint density at radius 2 is 2.41 bits per heavy atom. The van der Waals surface area contributed by atoms with Crippen molar-refractivity contribution in [3.63, 3.8) is 0 Å². The highest BCUT2D eigenvalue weighted by Gasteiger charge is 2.23. The van der Waals surface area contributed by atoms with Crippen LogP contribution < -0.4 is 10.5 Å². The van der Waals surface area contributed by atoms with Crippen molar-refractivity contribution >= 4 is 17.0 Å². The lowest BCUT2D eigenvalue weighted by Crippen LogP contribution is -2.24. The monoisotopic (exact) mass is 233 g/mol. The minimum atomic E-state index is 0.142. The Bertz CT molecular complexity index is 577. The van der Waals surface area contributed by atoms with Gasteiger partial charge in [0.1, 0.15) is 5.75 Å². The van der Waals surface area contributed by atoms with Crippen molar-refractivity contribution in [2.24, 2.45) is 13.0 Å². The van der Waals surface area contributed by atoms with E-state index in [1.807, 2.05) is 23.7 Å². The number of aliphatic hydroxyl groups excluding tert-OH is 1. The van der Waals surface area contributed by atoms with Gasteiger partial charge in [0.25, 0.3) is 0 Å². The lowest BCUT2D eigenvalue weighted by Gasteiger charge is -2.24.